The average molecular weight is 290 g/mol. The lowest BCUT2D eigenvalue weighted by Gasteiger charge is -2.11. The molecule has 0 aliphatic carbocycles. The SMILES string of the molecule is CCOc1ccccc1OCCNCCCn1ccnn1. The van der Waals surface area contributed by atoms with Crippen LogP contribution in [0.2, 0.25) is 0 Å². The summed E-state index contributed by atoms with van der Waals surface area (Å²) < 4.78 is 13.1. The molecular formula is C15H22N4O2. The second-order valence-electron chi connectivity index (χ2n) is 4.50. The summed E-state index contributed by atoms with van der Waals surface area (Å²) in [6.45, 7) is 5.83. The van der Waals surface area contributed by atoms with Crippen LogP contribution in [0.15, 0.2) is 36.7 Å². The minimum Gasteiger partial charge on any atom is -0.490 e. The molecule has 0 aliphatic heterocycles. The summed E-state index contributed by atoms with van der Waals surface area (Å²) in [5.74, 6) is 1.59. The molecule has 0 saturated carbocycles. The van der Waals surface area contributed by atoms with Crippen molar-refractivity contribution in [1.82, 2.24) is 20.3 Å². The van der Waals surface area contributed by atoms with Gasteiger partial charge in [-0.25, -0.2) is 0 Å². The van der Waals surface area contributed by atoms with E-state index in [9.17, 15) is 0 Å². The monoisotopic (exact) mass is 290 g/mol. The number of ether oxygens (including phenoxy) is 2. The van der Waals surface area contributed by atoms with E-state index < -0.39 is 0 Å². The highest BCUT2D eigenvalue weighted by Crippen LogP contribution is 2.25. The number of hydrogen-bond donors (Lipinski definition) is 1. The molecule has 6 heteroatoms. The molecule has 0 radical (unpaired) electrons. The van der Waals surface area contributed by atoms with Crippen molar-refractivity contribution < 1.29 is 9.47 Å². The third-order valence-corrected chi connectivity index (χ3v) is 2.90. The van der Waals surface area contributed by atoms with Crippen LogP contribution in [-0.4, -0.2) is 41.3 Å². The molecule has 0 fully saturated rings. The Hall–Kier alpha value is -2.08. The summed E-state index contributed by atoms with van der Waals surface area (Å²) in [4.78, 5) is 0. The van der Waals surface area contributed by atoms with Gasteiger partial charge in [-0.15, -0.1) is 5.10 Å². The standard InChI is InChI=1S/C15H22N4O2/c1-2-20-14-6-3-4-7-15(14)21-13-10-16-8-5-11-19-12-9-17-18-19/h3-4,6-7,9,12,16H,2,5,8,10-11,13H2,1H3. The third kappa shape index (κ3) is 5.43. The molecule has 6 nitrogen and oxygen atoms in total. The number of benzene rings is 1. The molecule has 2 aromatic rings. The van der Waals surface area contributed by atoms with E-state index in [-0.39, 0.29) is 0 Å². The topological polar surface area (TPSA) is 61.2 Å². The largest absolute Gasteiger partial charge is 0.490 e. The fourth-order valence-electron chi connectivity index (χ4n) is 1.92. The van der Waals surface area contributed by atoms with Crippen molar-refractivity contribution in [3.63, 3.8) is 0 Å². The van der Waals surface area contributed by atoms with E-state index in [1.165, 1.54) is 0 Å². The van der Waals surface area contributed by atoms with Gasteiger partial charge in [-0.3, -0.25) is 4.68 Å². The van der Waals surface area contributed by atoms with Gasteiger partial charge in [0.15, 0.2) is 11.5 Å². The Kier molecular flexibility index (Phi) is 6.54. The average Bonchev–Trinajstić information content (AvgIpc) is 3.01. The second kappa shape index (κ2) is 8.97. The van der Waals surface area contributed by atoms with Crippen molar-refractivity contribution in [1.29, 1.82) is 0 Å². The molecular weight excluding hydrogens is 268 g/mol. The Bertz CT molecular complexity index is 502. The molecule has 0 atom stereocenters. The number of rotatable bonds is 10. The van der Waals surface area contributed by atoms with Gasteiger partial charge in [-0.05, 0) is 32.0 Å². The maximum absolute atomic E-state index is 5.73. The first-order valence-electron chi connectivity index (χ1n) is 7.29. The fourth-order valence-corrected chi connectivity index (χ4v) is 1.92. The number of hydrogen-bond acceptors (Lipinski definition) is 5. The van der Waals surface area contributed by atoms with Gasteiger partial charge in [0.05, 0.1) is 12.8 Å². The Morgan fingerprint density at radius 3 is 2.67 bits per heavy atom. The lowest BCUT2D eigenvalue weighted by molar-refractivity contribution is 0.275. The number of para-hydroxylation sites is 2. The van der Waals surface area contributed by atoms with Crippen LogP contribution in [0.25, 0.3) is 0 Å². The molecule has 0 aliphatic rings. The van der Waals surface area contributed by atoms with Crippen LogP contribution in [0, 0.1) is 0 Å². The molecule has 21 heavy (non-hydrogen) atoms. The van der Waals surface area contributed by atoms with E-state index >= 15 is 0 Å². The fraction of sp³-hybridized carbons (Fsp3) is 0.467. The molecule has 1 N–H and O–H groups in total. The Morgan fingerprint density at radius 1 is 1.14 bits per heavy atom. The van der Waals surface area contributed by atoms with Crippen LogP contribution in [0.1, 0.15) is 13.3 Å². The van der Waals surface area contributed by atoms with Crippen LogP contribution in [0.4, 0.5) is 0 Å². The molecule has 1 aromatic carbocycles. The lowest BCUT2D eigenvalue weighted by Crippen LogP contribution is -2.23. The van der Waals surface area contributed by atoms with Gasteiger partial charge in [0, 0.05) is 19.3 Å². The zero-order valence-corrected chi connectivity index (χ0v) is 12.4. The van der Waals surface area contributed by atoms with E-state index in [2.05, 4.69) is 15.6 Å². The van der Waals surface area contributed by atoms with Gasteiger partial charge < -0.3 is 14.8 Å². The zero-order chi connectivity index (χ0) is 14.8. The Labute approximate surface area is 125 Å². The maximum Gasteiger partial charge on any atom is 0.161 e. The smallest absolute Gasteiger partial charge is 0.161 e. The molecule has 0 amide bonds. The quantitative estimate of drug-likeness (QED) is 0.675. The first-order chi connectivity index (χ1) is 10.4. The predicted octanol–water partition coefficient (Wildman–Crippen LogP) is 1.74. The van der Waals surface area contributed by atoms with Crippen LogP contribution >= 0.6 is 0 Å². The number of nitrogens with one attached hydrogen (secondary N) is 1. The van der Waals surface area contributed by atoms with E-state index in [0.29, 0.717) is 13.2 Å². The van der Waals surface area contributed by atoms with Gasteiger partial charge >= 0.3 is 0 Å². The second-order valence-corrected chi connectivity index (χ2v) is 4.50. The van der Waals surface area contributed by atoms with Gasteiger partial charge in [0.25, 0.3) is 0 Å². The number of nitrogens with zero attached hydrogens (tertiary/aromatic N) is 3. The lowest BCUT2D eigenvalue weighted by atomic mass is 10.3. The van der Waals surface area contributed by atoms with Crippen LogP contribution in [0.5, 0.6) is 11.5 Å². The van der Waals surface area contributed by atoms with Gasteiger partial charge in [-0.2, -0.15) is 0 Å². The molecule has 0 unspecified atom stereocenters. The minimum atomic E-state index is 0.618. The first kappa shape index (κ1) is 15.3. The summed E-state index contributed by atoms with van der Waals surface area (Å²) >= 11 is 0. The normalized spacial score (nSPS) is 10.5. The van der Waals surface area contributed by atoms with Crippen molar-refractivity contribution in [2.45, 2.75) is 19.9 Å². The van der Waals surface area contributed by atoms with Crippen LogP contribution < -0.4 is 14.8 Å². The summed E-state index contributed by atoms with van der Waals surface area (Å²) in [7, 11) is 0. The van der Waals surface area contributed by atoms with E-state index in [0.717, 1.165) is 37.6 Å². The molecule has 0 bridgehead atoms. The van der Waals surface area contributed by atoms with Gasteiger partial charge in [0.2, 0.25) is 0 Å². The summed E-state index contributed by atoms with van der Waals surface area (Å²) in [5, 5.41) is 11.0. The molecule has 114 valence electrons. The van der Waals surface area contributed by atoms with Crippen LogP contribution in [-0.2, 0) is 6.54 Å². The molecule has 0 spiro atoms. The summed E-state index contributed by atoms with van der Waals surface area (Å²) in [6, 6.07) is 7.74. The number of aromatic nitrogens is 3. The van der Waals surface area contributed by atoms with Crippen LogP contribution in [0.3, 0.4) is 0 Å². The van der Waals surface area contributed by atoms with Crippen molar-refractivity contribution in [2.75, 3.05) is 26.3 Å². The van der Waals surface area contributed by atoms with Crippen molar-refractivity contribution in [3.8, 4) is 11.5 Å². The van der Waals surface area contributed by atoms with E-state index in [1.54, 1.807) is 6.20 Å². The molecule has 1 aromatic heterocycles. The van der Waals surface area contributed by atoms with E-state index in [4.69, 9.17) is 9.47 Å². The van der Waals surface area contributed by atoms with E-state index in [1.807, 2.05) is 42.1 Å². The Balaban J connectivity index is 1.57. The van der Waals surface area contributed by atoms with Crippen molar-refractivity contribution in [2.24, 2.45) is 0 Å². The minimum absolute atomic E-state index is 0.618. The van der Waals surface area contributed by atoms with Gasteiger partial charge in [0.1, 0.15) is 6.61 Å². The van der Waals surface area contributed by atoms with Crippen molar-refractivity contribution in [3.05, 3.63) is 36.7 Å². The molecule has 0 saturated heterocycles. The zero-order valence-electron chi connectivity index (χ0n) is 12.4. The molecule has 2 rings (SSSR count). The third-order valence-electron chi connectivity index (χ3n) is 2.90. The van der Waals surface area contributed by atoms with Gasteiger partial charge in [-0.1, -0.05) is 17.3 Å². The summed E-state index contributed by atoms with van der Waals surface area (Å²) in [6.07, 6.45) is 4.57. The summed E-state index contributed by atoms with van der Waals surface area (Å²) in [5.41, 5.74) is 0. The highest BCUT2D eigenvalue weighted by atomic mass is 16.5. The highest BCUT2D eigenvalue weighted by Gasteiger charge is 2.02. The highest BCUT2D eigenvalue weighted by molar-refractivity contribution is 5.39. The number of aryl methyl sites for hydroxylation is 1. The maximum atomic E-state index is 5.73. The Morgan fingerprint density at radius 2 is 1.95 bits per heavy atom. The first-order valence-corrected chi connectivity index (χ1v) is 7.29. The van der Waals surface area contributed by atoms with Crippen molar-refractivity contribution >= 4 is 0 Å². The predicted molar refractivity (Wildman–Crippen MR) is 80.6 cm³/mol. The molecule has 1 heterocycles.